The normalized spacial score (nSPS) is 17.5. The highest BCUT2D eigenvalue weighted by molar-refractivity contribution is 5.26. The van der Waals surface area contributed by atoms with E-state index >= 15 is 0 Å². The van der Waals surface area contributed by atoms with Gasteiger partial charge in [0.2, 0.25) is 0 Å². The third-order valence-electron chi connectivity index (χ3n) is 3.43. The highest BCUT2D eigenvalue weighted by atomic mass is 14.9. The van der Waals surface area contributed by atoms with Gasteiger partial charge in [0.1, 0.15) is 0 Å². The topological polar surface area (TPSA) is 76.1 Å². The van der Waals surface area contributed by atoms with Crippen molar-refractivity contribution >= 4 is 0 Å². The molecule has 0 amide bonds. The largest absolute Gasteiger partial charge is 0.327 e. The van der Waals surface area contributed by atoms with Crippen molar-refractivity contribution in [1.29, 1.82) is 0 Å². The molecule has 1 rings (SSSR count). The summed E-state index contributed by atoms with van der Waals surface area (Å²) in [6.45, 7) is 10.00. The van der Waals surface area contributed by atoms with E-state index in [-0.39, 0.29) is 12.1 Å². The van der Waals surface area contributed by atoms with Crippen LogP contribution in [0.5, 0.6) is 0 Å². The summed E-state index contributed by atoms with van der Waals surface area (Å²) in [5, 5.41) is 6.86. The van der Waals surface area contributed by atoms with Crippen LogP contribution < -0.4 is 22.1 Å². The number of hydrogen-bond donors (Lipinski definition) is 4. The van der Waals surface area contributed by atoms with Gasteiger partial charge in [0.15, 0.2) is 0 Å². The number of nitrogens with two attached hydrogens (primary N) is 2. The lowest BCUT2D eigenvalue weighted by Gasteiger charge is -2.19. The minimum atomic E-state index is 0.180. The molecule has 0 radical (unpaired) electrons. The van der Waals surface area contributed by atoms with Crippen molar-refractivity contribution in [3.05, 3.63) is 35.4 Å². The van der Waals surface area contributed by atoms with Crippen LogP contribution in [-0.4, -0.2) is 25.2 Å². The second-order valence-electron chi connectivity index (χ2n) is 5.88. The molecule has 0 spiro atoms. The quantitative estimate of drug-likeness (QED) is 0.583. The molecule has 0 aliphatic rings. The average molecular weight is 278 g/mol. The Morgan fingerprint density at radius 2 is 1.05 bits per heavy atom. The van der Waals surface area contributed by atoms with Crippen molar-refractivity contribution in [1.82, 2.24) is 10.6 Å². The fourth-order valence-electron chi connectivity index (χ4n) is 2.03. The number of benzene rings is 1. The molecule has 0 heterocycles. The molecule has 0 saturated heterocycles. The minimum absolute atomic E-state index is 0.180. The molecular formula is C16H30N4. The molecule has 20 heavy (non-hydrogen) atoms. The van der Waals surface area contributed by atoms with Crippen molar-refractivity contribution in [3.8, 4) is 0 Å². The van der Waals surface area contributed by atoms with Crippen LogP contribution in [-0.2, 0) is 0 Å². The Morgan fingerprint density at radius 3 is 1.30 bits per heavy atom. The van der Waals surface area contributed by atoms with Gasteiger partial charge in [-0.15, -0.1) is 0 Å². The molecule has 0 saturated carbocycles. The lowest BCUT2D eigenvalue weighted by atomic mass is 10.0. The van der Waals surface area contributed by atoms with Crippen LogP contribution in [0.3, 0.4) is 0 Å². The summed E-state index contributed by atoms with van der Waals surface area (Å²) < 4.78 is 0. The second-order valence-corrected chi connectivity index (χ2v) is 5.88. The molecule has 0 aliphatic heterocycles. The van der Waals surface area contributed by atoms with E-state index in [1.807, 2.05) is 13.8 Å². The number of hydrogen-bond acceptors (Lipinski definition) is 4. The van der Waals surface area contributed by atoms with Crippen molar-refractivity contribution in [2.75, 3.05) is 13.1 Å². The van der Waals surface area contributed by atoms with Crippen LogP contribution in [0.4, 0.5) is 0 Å². The van der Waals surface area contributed by atoms with Crippen molar-refractivity contribution in [2.45, 2.75) is 51.9 Å². The van der Waals surface area contributed by atoms with E-state index in [4.69, 9.17) is 11.5 Å². The highest BCUT2D eigenvalue weighted by Crippen LogP contribution is 2.17. The van der Waals surface area contributed by atoms with Crippen LogP contribution in [0.25, 0.3) is 0 Å². The predicted octanol–water partition coefficient (Wildman–Crippen LogP) is 1.68. The summed E-state index contributed by atoms with van der Waals surface area (Å²) in [5.74, 6) is 0. The van der Waals surface area contributed by atoms with Gasteiger partial charge in [-0.25, -0.2) is 0 Å². The van der Waals surface area contributed by atoms with E-state index in [2.05, 4.69) is 48.7 Å². The maximum absolute atomic E-state index is 5.76. The van der Waals surface area contributed by atoms with Gasteiger partial charge in [-0.2, -0.15) is 0 Å². The van der Waals surface area contributed by atoms with Gasteiger partial charge in [-0.1, -0.05) is 24.3 Å². The molecule has 0 fully saturated rings. The monoisotopic (exact) mass is 278 g/mol. The fourth-order valence-corrected chi connectivity index (χ4v) is 2.03. The van der Waals surface area contributed by atoms with Gasteiger partial charge in [0, 0.05) is 37.3 Å². The summed E-state index contributed by atoms with van der Waals surface area (Å²) in [4.78, 5) is 0. The maximum atomic E-state index is 5.76. The molecule has 4 nitrogen and oxygen atoms in total. The minimum Gasteiger partial charge on any atom is -0.327 e. The first kappa shape index (κ1) is 17.1. The summed E-state index contributed by atoms with van der Waals surface area (Å²) in [6.07, 6.45) is 0. The lowest BCUT2D eigenvalue weighted by molar-refractivity contribution is 0.529. The number of nitrogens with one attached hydrogen (secondary N) is 2. The van der Waals surface area contributed by atoms with E-state index < -0.39 is 0 Å². The van der Waals surface area contributed by atoms with E-state index in [0.717, 1.165) is 13.1 Å². The Hall–Kier alpha value is -0.940. The zero-order valence-electron chi connectivity index (χ0n) is 13.2. The molecule has 0 aliphatic carbocycles. The summed E-state index contributed by atoms with van der Waals surface area (Å²) in [7, 11) is 0. The van der Waals surface area contributed by atoms with Gasteiger partial charge in [-0.3, -0.25) is 0 Å². The van der Waals surface area contributed by atoms with Crippen LogP contribution in [0.15, 0.2) is 24.3 Å². The standard InChI is InChI=1S/C16H30N4/c1-11(17)9-19-13(3)15-5-7-16(8-6-15)14(4)20-10-12(2)18/h5-8,11-14,19-20H,9-10,17-18H2,1-4H3. The molecule has 0 aromatic heterocycles. The third-order valence-corrected chi connectivity index (χ3v) is 3.43. The SMILES string of the molecule is CC(N)CNC(C)c1ccc(C(C)NCC(C)N)cc1. The predicted molar refractivity (Wildman–Crippen MR) is 86.6 cm³/mol. The van der Waals surface area contributed by atoms with Crippen LogP contribution in [0.1, 0.15) is 50.9 Å². The van der Waals surface area contributed by atoms with Gasteiger partial charge >= 0.3 is 0 Å². The molecule has 4 atom stereocenters. The van der Waals surface area contributed by atoms with E-state index in [0.29, 0.717) is 12.1 Å². The van der Waals surface area contributed by atoms with Crippen molar-refractivity contribution < 1.29 is 0 Å². The first-order valence-corrected chi connectivity index (χ1v) is 7.48. The van der Waals surface area contributed by atoms with Gasteiger partial charge in [0.05, 0.1) is 0 Å². The van der Waals surface area contributed by atoms with E-state index in [1.54, 1.807) is 0 Å². The molecule has 6 N–H and O–H groups in total. The van der Waals surface area contributed by atoms with Crippen molar-refractivity contribution in [3.63, 3.8) is 0 Å². The van der Waals surface area contributed by atoms with Crippen LogP contribution >= 0.6 is 0 Å². The van der Waals surface area contributed by atoms with E-state index in [9.17, 15) is 0 Å². The van der Waals surface area contributed by atoms with E-state index in [1.165, 1.54) is 11.1 Å². The van der Waals surface area contributed by atoms with Crippen LogP contribution in [0.2, 0.25) is 0 Å². The molecule has 0 bridgehead atoms. The molecular weight excluding hydrogens is 248 g/mol. The molecule has 4 heteroatoms. The lowest BCUT2D eigenvalue weighted by Crippen LogP contribution is -2.33. The zero-order chi connectivity index (χ0) is 15.1. The fraction of sp³-hybridized carbons (Fsp3) is 0.625. The summed E-state index contributed by atoms with van der Waals surface area (Å²) in [5.41, 5.74) is 14.1. The number of rotatable bonds is 8. The zero-order valence-corrected chi connectivity index (χ0v) is 13.2. The second kappa shape index (κ2) is 8.37. The maximum Gasteiger partial charge on any atom is 0.0292 e. The Balaban J connectivity index is 2.54. The third kappa shape index (κ3) is 6.01. The van der Waals surface area contributed by atoms with Gasteiger partial charge in [0.25, 0.3) is 0 Å². The highest BCUT2D eigenvalue weighted by Gasteiger charge is 2.08. The van der Waals surface area contributed by atoms with Gasteiger partial charge < -0.3 is 22.1 Å². The Kier molecular flexibility index (Phi) is 7.16. The molecule has 114 valence electrons. The Morgan fingerprint density at radius 1 is 0.750 bits per heavy atom. The molecule has 1 aromatic rings. The molecule has 1 aromatic carbocycles. The average Bonchev–Trinajstić information content (AvgIpc) is 2.42. The Bertz CT molecular complexity index is 336. The van der Waals surface area contributed by atoms with Crippen LogP contribution in [0, 0.1) is 0 Å². The first-order valence-electron chi connectivity index (χ1n) is 7.48. The van der Waals surface area contributed by atoms with Crippen molar-refractivity contribution in [2.24, 2.45) is 11.5 Å². The van der Waals surface area contributed by atoms with Gasteiger partial charge in [-0.05, 0) is 38.8 Å². The smallest absolute Gasteiger partial charge is 0.0292 e. The summed E-state index contributed by atoms with van der Waals surface area (Å²) in [6, 6.07) is 9.72. The summed E-state index contributed by atoms with van der Waals surface area (Å²) >= 11 is 0. The molecule has 4 unspecified atom stereocenters. The first-order chi connectivity index (χ1) is 9.40. The Labute approximate surface area is 123 Å².